The lowest BCUT2D eigenvalue weighted by molar-refractivity contribution is -0.121. The zero-order chi connectivity index (χ0) is 12.4. The first-order valence-corrected chi connectivity index (χ1v) is 6.51. The van der Waals surface area contributed by atoms with Gasteiger partial charge in [0.15, 0.2) is 0 Å². The van der Waals surface area contributed by atoms with E-state index in [0.717, 1.165) is 17.9 Å². The minimum absolute atomic E-state index is 0.137. The number of nitrogens with one attached hydrogen (secondary N) is 1. The van der Waals surface area contributed by atoms with Crippen LogP contribution >= 0.6 is 11.6 Å². The number of fused-ring (bicyclic) bond motifs is 1. The number of aryl methyl sites for hydroxylation is 1. The summed E-state index contributed by atoms with van der Waals surface area (Å²) in [6.45, 7) is 3.97. The van der Waals surface area contributed by atoms with Gasteiger partial charge in [0.05, 0.1) is 0 Å². The molecule has 0 fully saturated rings. The van der Waals surface area contributed by atoms with E-state index < -0.39 is 0 Å². The Morgan fingerprint density at radius 1 is 1.53 bits per heavy atom. The second kappa shape index (κ2) is 5.09. The van der Waals surface area contributed by atoms with Gasteiger partial charge in [-0.1, -0.05) is 17.7 Å². The minimum atomic E-state index is 0.137. The largest absolute Gasteiger partial charge is 0.354 e. The molecular formula is C14H18ClNO. The maximum atomic E-state index is 11.8. The Balaban J connectivity index is 2.06. The van der Waals surface area contributed by atoms with Crippen LogP contribution in [0.4, 0.5) is 0 Å². The topological polar surface area (TPSA) is 29.1 Å². The van der Waals surface area contributed by atoms with Crippen LogP contribution in [0.1, 0.15) is 43.7 Å². The lowest BCUT2D eigenvalue weighted by atomic mass is 9.97. The third-order valence-electron chi connectivity index (χ3n) is 3.19. The summed E-state index contributed by atoms with van der Waals surface area (Å²) in [7, 11) is 0. The predicted octanol–water partition coefficient (Wildman–Crippen LogP) is 3.28. The van der Waals surface area contributed by atoms with Crippen LogP contribution in [0.25, 0.3) is 0 Å². The highest BCUT2D eigenvalue weighted by molar-refractivity contribution is 6.30. The summed E-state index contributed by atoms with van der Waals surface area (Å²) in [6, 6.07) is 6.23. The molecular weight excluding hydrogens is 234 g/mol. The van der Waals surface area contributed by atoms with Crippen molar-refractivity contribution in [3.8, 4) is 0 Å². The molecule has 1 atom stereocenters. The van der Waals surface area contributed by atoms with E-state index in [9.17, 15) is 4.79 Å². The monoisotopic (exact) mass is 251 g/mol. The molecule has 1 aromatic carbocycles. The number of carbonyl (C=O) groups is 1. The van der Waals surface area contributed by atoms with Gasteiger partial charge in [0.1, 0.15) is 0 Å². The van der Waals surface area contributed by atoms with Crippen LogP contribution in [0.3, 0.4) is 0 Å². The van der Waals surface area contributed by atoms with Crippen LogP contribution < -0.4 is 5.32 Å². The van der Waals surface area contributed by atoms with Gasteiger partial charge in [-0.2, -0.15) is 0 Å². The van der Waals surface area contributed by atoms with Crippen molar-refractivity contribution in [3.63, 3.8) is 0 Å². The third kappa shape index (κ3) is 3.01. The zero-order valence-electron chi connectivity index (χ0n) is 10.3. The van der Waals surface area contributed by atoms with E-state index >= 15 is 0 Å². The molecule has 2 nitrogen and oxygen atoms in total. The van der Waals surface area contributed by atoms with Crippen LogP contribution in [0, 0.1) is 0 Å². The highest BCUT2D eigenvalue weighted by Gasteiger charge is 2.24. The van der Waals surface area contributed by atoms with Crippen LogP contribution in [-0.2, 0) is 11.2 Å². The van der Waals surface area contributed by atoms with Crippen molar-refractivity contribution in [2.75, 3.05) is 0 Å². The summed E-state index contributed by atoms with van der Waals surface area (Å²) in [6.07, 6.45) is 2.69. The van der Waals surface area contributed by atoms with Crippen molar-refractivity contribution < 1.29 is 4.79 Å². The molecule has 0 bridgehead atoms. The van der Waals surface area contributed by atoms with Crippen LogP contribution in [0.5, 0.6) is 0 Å². The average Bonchev–Trinajstić information content (AvgIpc) is 2.60. The lowest BCUT2D eigenvalue weighted by Crippen LogP contribution is -2.30. The molecule has 1 N–H and O–H groups in total. The Morgan fingerprint density at radius 3 is 3.00 bits per heavy atom. The van der Waals surface area contributed by atoms with Gasteiger partial charge in [-0.3, -0.25) is 4.79 Å². The maximum Gasteiger partial charge on any atom is 0.220 e. The molecule has 1 aliphatic rings. The van der Waals surface area contributed by atoms with Crippen molar-refractivity contribution in [1.29, 1.82) is 0 Å². The predicted molar refractivity (Wildman–Crippen MR) is 70.4 cm³/mol. The molecule has 1 unspecified atom stereocenters. The average molecular weight is 252 g/mol. The molecule has 0 saturated carbocycles. The summed E-state index contributed by atoms with van der Waals surface area (Å²) < 4.78 is 0. The number of benzene rings is 1. The molecule has 1 aromatic rings. The Bertz CT molecular complexity index is 428. The summed E-state index contributed by atoms with van der Waals surface area (Å²) in [5, 5.41) is 3.71. The summed E-state index contributed by atoms with van der Waals surface area (Å²) in [5.74, 6) is 0.472. The summed E-state index contributed by atoms with van der Waals surface area (Å²) in [4.78, 5) is 11.8. The number of amides is 1. The summed E-state index contributed by atoms with van der Waals surface area (Å²) in [5.41, 5.74) is 2.60. The van der Waals surface area contributed by atoms with Gasteiger partial charge in [0, 0.05) is 17.5 Å². The SMILES string of the molecule is CC(C)NC(=O)CC1CCc2ccc(Cl)cc21. The number of carbonyl (C=O) groups excluding carboxylic acids is 1. The van der Waals surface area contributed by atoms with Crippen LogP contribution in [0.2, 0.25) is 5.02 Å². The van der Waals surface area contributed by atoms with E-state index in [1.54, 1.807) is 0 Å². The number of hydrogen-bond acceptors (Lipinski definition) is 1. The Morgan fingerprint density at radius 2 is 2.29 bits per heavy atom. The van der Waals surface area contributed by atoms with E-state index in [2.05, 4.69) is 11.4 Å². The van der Waals surface area contributed by atoms with Crippen molar-refractivity contribution in [1.82, 2.24) is 5.32 Å². The fraction of sp³-hybridized carbons (Fsp3) is 0.500. The Hall–Kier alpha value is -1.02. The first-order valence-electron chi connectivity index (χ1n) is 6.14. The number of halogens is 1. The lowest BCUT2D eigenvalue weighted by Gasteiger charge is -2.13. The second-order valence-electron chi connectivity index (χ2n) is 5.01. The standard InChI is InChI=1S/C14H18ClNO/c1-9(2)16-14(17)7-11-4-3-10-5-6-12(15)8-13(10)11/h5-6,8-9,11H,3-4,7H2,1-2H3,(H,16,17). The summed E-state index contributed by atoms with van der Waals surface area (Å²) >= 11 is 6.01. The van der Waals surface area contributed by atoms with Crippen molar-refractivity contribution >= 4 is 17.5 Å². The number of hydrogen-bond donors (Lipinski definition) is 1. The highest BCUT2D eigenvalue weighted by atomic mass is 35.5. The first kappa shape index (κ1) is 12.4. The van der Waals surface area contributed by atoms with Gasteiger partial charge in [-0.05, 0) is 55.9 Å². The molecule has 0 saturated heterocycles. The van der Waals surface area contributed by atoms with Gasteiger partial charge < -0.3 is 5.32 Å². The van der Waals surface area contributed by atoms with Gasteiger partial charge in [-0.25, -0.2) is 0 Å². The molecule has 0 aliphatic heterocycles. The van der Waals surface area contributed by atoms with E-state index in [0.29, 0.717) is 12.3 Å². The maximum absolute atomic E-state index is 11.8. The Labute approximate surface area is 107 Å². The van der Waals surface area contributed by atoms with Crippen molar-refractivity contribution in [3.05, 3.63) is 34.3 Å². The third-order valence-corrected chi connectivity index (χ3v) is 3.43. The van der Waals surface area contributed by atoms with Crippen molar-refractivity contribution in [2.45, 2.75) is 45.1 Å². The molecule has 3 heteroatoms. The van der Waals surface area contributed by atoms with E-state index in [1.165, 1.54) is 11.1 Å². The van der Waals surface area contributed by atoms with E-state index in [-0.39, 0.29) is 11.9 Å². The van der Waals surface area contributed by atoms with Gasteiger partial charge in [0.25, 0.3) is 0 Å². The minimum Gasteiger partial charge on any atom is -0.354 e. The zero-order valence-corrected chi connectivity index (χ0v) is 11.1. The fourth-order valence-electron chi connectivity index (χ4n) is 2.48. The van der Waals surface area contributed by atoms with Crippen molar-refractivity contribution in [2.24, 2.45) is 0 Å². The molecule has 0 radical (unpaired) electrons. The molecule has 1 aliphatic carbocycles. The molecule has 1 amide bonds. The molecule has 0 aromatic heterocycles. The molecule has 17 heavy (non-hydrogen) atoms. The van der Waals surface area contributed by atoms with Gasteiger partial charge in [-0.15, -0.1) is 0 Å². The molecule has 0 heterocycles. The smallest absolute Gasteiger partial charge is 0.220 e. The molecule has 2 rings (SSSR count). The Kier molecular flexibility index (Phi) is 3.72. The van der Waals surface area contributed by atoms with Gasteiger partial charge in [0.2, 0.25) is 5.91 Å². The first-order chi connectivity index (χ1) is 8.06. The van der Waals surface area contributed by atoms with Gasteiger partial charge >= 0.3 is 0 Å². The quantitative estimate of drug-likeness (QED) is 0.878. The van der Waals surface area contributed by atoms with E-state index in [4.69, 9.17) is 11.6 Å². The molecule has 92 valence electrons. The number of rotatable bonds is 3. The molecule has 0 spiro atoms. The normalized spacial score (nSPS) is 18.2. The van der Waals surface area contributed by atoms with E-state index in [1.807, 2.05) is 26.0 Å². The van der Waals surface area contributed by atoms with Crippen LogP contribution in [0.15, 0.2) is 18.2 Å². The van der Waals surface area contributed by atoms with Crippen LogP contribution in [-0.4, -0.2) is 11.9 Å². The fourth-order valence-corrected chi connectivity index (χ4v) is 2.66. The highest BCUT2D eigenvalue weighted by Crippen LogP contribution is 2.36. The second-order valence-corrected chi connectivity index (χ2v) is 5.44.